The van der Waals surface area contributed by atoms with E-state index in [2.05, 4.69) is 5.32 Å². The first-order chi connectivity index (χ1) is 8.91. The van der Waals surface area contributed by atoms with Crippen LogP contribution in [-0.4, -0.2) is 60.8 Å². The van der Waals surface area contributed by atoms with Crippen LogP contribution in [0.15, 0.2) is 0 Å². The van der Waals surface area contributed by atoms with Gasteiger partial charge in [-0.1, -0.05) is 13.8 Å². The number of β-amino-alcohol motifs (C(OH)–C–C–N with tert-alkyl or cyclic N) is 1. The minimum atomic E-state index is -0.973. The molecule has 0 fully saturated rings. The van der Waals surface area contributed by atoms with Gasteiger partial charge in [0.1, 0.15) is 5.54 Å². The van der Waals surface area contributed by atoms with E-state index in [-0.39, 0.29) is 19.3 Å². The largest absolute Gasteiger partial charge is 0.480 e. The third-order valence-corrected chi connectivity index (χ3v) is 3.27. The molecule has 0 aromatic rings. The smallest absolute Gasteiger partial charge is 0.323 e. The van der Waals surface area contributed by atoms with Crippen molar-refractivity contribution in [2.75, 3.05) is 26.9 Å². The molecule has 2 atom stereocenters. The summed E-state index contributed by atoms with van der Waals surface area (Å²) < 4.78 is 10.3. The Balaban J connectivity index is 4.12. The standard InChI is InChI=1S/C13H27NO5/c1-5-13(6-2,12(16)17)14-7-11(15)9-19-10(3)8-18-4/h10-11,14-15H,5-9H2,1-4H3,(H,16,17). The minimum absolute atomic E-state index is 0.0961. The van der Waals surface area contributed by atoms with E-state index in [0.29, 0.717) is 19.4 Å². The Morgan fingerprint density at radius 1 is 1.32 bits per heavy atom. The van der Waals surface area contributed by atoms with Crippen LogP contribution in [0.3, 0.4) is 0 Å². The molecule has 6 heteroatoms. The maximum atomic E-state index is 11.3. The Morgan fingerprint density at radius 2 is 1.89 bits per heavy atom. The van der Waals surface area contributed by atoms with E-state index >= 15 is 0 Å². The van der Waals surface area contributed by atoms with Gasteiger partial charge in [-0.15, -0.1) is 0 Å². The summed E-state index contributed by atoms with van der Waals surface area (Å²) in [5.41, 5.74) is -0.973. The fourth-order valence-electron chi connectivity index (χ4n) is 1.81. The molecule has 3 N–H and O–H groups in total. The Labute approximate surface area is 115 Å². The molecule has 0 aliphatic carbocycles. The lowest BCUT2D eigenvalue weighted by Crippen LogP contribution is -2.53. The van der Waals surface area contributed by atoms with Crippen LogP contribution in [-0.2, 0) is 14.3 Å². The lowest BCUT2D eigenvalue weighted by atomic mass is 9.93. The number of methoxy groups -OCH3 is 1. The molecule has 114 valence electrons. The molecule has 2 unspecified atom stereocenters. The van der Waals surface area contributed by atoms with E-state index in [0.717, 1.165) is 0 Å². The van der Waals surface area contributed by atoms with Gasteiger partial charge in [0.15, 0.2) is 0 Å². The maximum absolute atomic E-state index is 11.3. The number of ether oxygens (including phenoxy) is 2. The highest BCUT2D eigenvalue weighted by atomic mass is 16.5. The molecular weight excluding hydrogens is 250 g/mol. The highest BCUT2D eigenvalue weighted by Crippen LogP contribution is 2.15. The van der Waals surface area contributed by atoms with Crippen LogP contribution in [0.2, 0.25) is 0 Å². The molecule has 0 amide bonds. The second-order valence-corrected chi connectivity index (χ2v) is 4.73. The van der Waals surface area contributed by atoms with Crippen LogP contribution in [0.1, 0.15) is 33.6 Å². The van der Waals surface area contributed by atoms with Crippen molar-refractivity contribution in [3.63, 3.8) is 0 Å². The predicted molar refractivity (Wildman–Crippen MR) is 72.2 cm³/mol. The molecule has 19 heavy (non-hydrogen) atoms. The average Bonchev–Trinajstić information content (AvgIpc) is 2.38. The van der Waals surface area contributed by atoms with E-state index < -0.39 is 17.6 Å². The molecule has 0 aliphatic rings. The number of aliphatic hydroxyl groups excluding tert-OH is 1. The van der Waals surface area contributed by atoms with Crippen molar-refractivity contribution in [2.45, 2.75) is 51.4 Å². The second-order valence-electron chi connectivity index (χ2n) is 4.73. The van der Waals surface area contributed by atoms with Gasteiger partial charge in [-0.2, -0.15) is 0 Å². The predicted octanol–water partition coefficient (Wildman–Crippen LogP) is 0.632. The number of aliphatic carboxylic acids is 1. The minimum Gasteiger partial charge on any atom is -0.480 e. The third-order valence-electron chi connectivity index (χ3n) is 3.27. The van der Waals surface area contributed by atoms with Crippen molar-refractivity contribution in [2.24, 2.45) is 0 Å². The zero-order valence-corrected chi connectivity index (χ0v) is 12.3. The Bertz CT molecular complexity index is 255. The van der Waals surface area contributed by atoms with Crippen LogP contribution < -0.4 is 5.32 Å². The molecule has 0 spiro atoms. The van der Waals surface area contributed by atoms with Crippen LogP contribution >= 0.6 is 0 Å². The fraction of sp³-hybridized carbons (Fsp3) is 0.923. The molecule has 0 radical (unpaired) electrons. The quantitative estimate of drug-likeness (QED) is 0.513. The molecule has 0 saturated carbocycles. The van der Waals surface area contributed by atoms with Gasteiger partial charge in [-0.3, -0.25) is 10.1 Å². The number of nitrogens with one attached hydrogen (secondary N) is 1. The lowest BCUT2D eigenvalue weighted by Gasteiger charge is -2.29. The van der Waals surface area contributed by atoms with Crippen LogP contribution in [0.4, 0.5) is 0 Å². The normalized spacial score (nSPS) is 15.2. The average molecular weight is 277 g/mol. The van der Waals surface area contributed by atoms with E-state index in [9.17, 15) is 15.0 Å². The van der Waals surface area contributed by atoms with Crippen molar-refractivity contribution < 1.29 is 24.5 Å². The van der Waals surface area contributed by atoms with E-state index in [4.69, 9.17) is 9.47 Å². The first-order valence-electron chi connectivity index (χ1n) is 6.68. The number of carboxylic acid groups (broad SMARTS) is 1. The summed E-state index contributed by atoms with van der Waals surface area (Å²) in [6, 6.07) is 0. The number of rotatable bonds is 11. The van der Waals surface area contributed by atoms with Crippen molar-refractivity contribution in [1.29, 1.82) is 0 Å². The third kappa shape index (κ3) is 6.33. The Morgan fingerprint density at radius 3 is 2.32 bits per heavy atom. The van der Waals surface area contributed by atoms with E-state index in [1.165, 1.54) is 0 Å². The summed E-state index contributed by atoms with van der Waals surface area (Å²) in [4.78, 5) is 11.3. The molecule has 0 bridgehead atoms. The van der Waals surface area contributed by atoms with Gasteiger partial charge < -0.3 is 19.7 Å². The molecule has 0 aliphatic heterocycles. The van der Waals surface area contributed by atoms with Crippen molar-refractivity contribution in [3.05, 3.63) is 0 Å². The molecule has 0 aromatic heterocycles. The molecular formula is C13H27NO5. The Kier molecular flexibility index (Phi) is 8.92. The number of carboxylic acids is 1. The highest BCUT2D eigenvalue weighted by molar-refractivity contribution is 5.78. The maximum Gasteiger partial charge on any atom is 0.323 e. The van der Waals surface area contributed by atoms with Crippen LogP contribution in [0, 0.1) is 0 Å². The summed E-state index contributed by atoms with van der Waals surface area (Å²) in [6.45, 7) is 6.28. The van der Waals surface area contributed by atoms with Crippen LogP contribution in [0.5, 0.6) is 0 Å². The fourth-order valence-corrected chi connectivity index (χ4v) is 1.81. The van der Waals surface area contributed by atoms with E-state index in [1.807, 2.05) is 20.8 Å². The zero-order valence-electron chi connectivity index (χ0n) is 12.3. The molecule has 0 heterocycles. The zero-order chi connectivity index (χ0) is 14.9. The molecule has 0 rings (SSSR count). The van der Waals surface area contributed by atoms with Crippen LogP contribution in [0.25, 0.3) is 0 Å². The molecule has 0 aromatic carbocycles. The molecule has 6 nitrogen and oxygen atoms in total. The number of carbonyl (C=O) groups is 1. The summed E-state index contributed by atoms with van der Waals surface area (Å²) >= 11 is 0. The van der Waals surface area contributed by atoms with Gasteiger partial charge in [0.2, 0.25) is 0 Å². The van der Waals surface area contributed by atoms with Gasteiger partial charge in [0.05, 0.1) is 25.4 Å². The highest BCUT2D eigenvalue weighted by Gasteiger charge is 2.34. The topological polar surface area (TPSA) is 88.0 Å². The van der Waals surface area contributed by atoms with Gasteiger partial charge >= 0.3 is 5.97 Å². The number of aliphatic hydroxyl groups is 1. The monoisotopic (exact) mass is 277 g/mol. The second kappa shape index (κ2) is 9.25. The van der Waals surface area contributed by atoms with Crippen molar-refractivity contribution in [3.8, 4) is 0 Å². The lowest BCUT2D eigenvalue weighted by molar-refractivity contribution is -0.145. The van der Waals surface area contributed by atoms with Gasteiger partial charge in [0.25, 0.3) is 0 Å². The number of hydrogen-bond donors (Lipinski definition) is 3. The van der Waals surface area contributed by atoms with Gasteiger partial charge in [-0.05, 0) is 19.8 Å². The van der Waals surface area contributed by atoms with Crippen molar-refractivity contribution >= 4 is 5.97 Å². The summed E-state index contributed by atoms with van der Waals surface area (Å²) in [5, 5.41) is 21.9. The van der Waals surface area contributed by atoms with E-state index in [1.54, 1.807) is 7.11 Å². The van der Waals surface area contributed by atoms with Crippen molar-refractivity contribution in [1.82, 2.24) is 5.32 Å². The van der Waals surface area contributed by atoms with Gasteiger partial charge in [-0.25, -0.2) is 0 Å². The first-order valence-corrected chi connectivity index (χ1v) is 6.68. The molecule has 0 saturated heterocycles. The Hall–Kier alpha value is -0.690. The summed E-state index contributed by atoms with van der Waals surface area (Å²) in [7, 11) is 1.58. The van der Waals surface area contributed by atoms with Gasteiger partial charge in [0, 0.05) is 13.7 Å². The summed E-state index contributed by atoms with van der Waals surface area (Å²) in [5.74, 6) is -0.890. The first kappa shape index (κ1) is 18.3. The SMILES string of the molecule is CCC(CC)(NCC(O)COC(C)COC)C(=O)O. The number of hydrogen-bond acceptors (Lipinski definition) is 5. The summed E-state index contributed by atoms with van der Waals surface area (Å²) in [6.07, 6.45) is 0.0938.